The molecular formula is C7H8ClN5O2S2. The summed E-state index contributed by atoms with van der Waals surface area (Å²) in [5, 5.41) is 11.0. The van der Waals surface area contributed by atoms with E-state index >= 15 is 0 Å². The highest BCUT2D eigenvalue weighted by atomic mass is 35.7. The molecule has 0 saturated heterocycles. The number of halogens is 1. The quantitative estimate of drug-likeness (QED) is 0.786. The van der Waals surface area contributed by atoms with E-state index in [9.17, 15) is 8.42 Å². The number of rotatable bonds is 3. The molecule has 0 aliphatic carbocycles. The van der Waals surface area contributed by atoms with E-state index < -0.39 is 9.05 Å². The molecule has 2 aromatic heterocycles. The Bertz CT molecular complexity index is 647. The monoisotopic (exact) mass is 293 g/mol. The highest BCUT2D eigenvalue weighted by molar-refractivity contribution is 8.13. The molecule has 10 heteroatoms. The van der Waals surface area contributed by atoms with Gasteiger partial charge in [0.05, 0.1) is 5.69 Å². The van der Waals surface area contributed by atoms with Crippen LogP contribution in [0.3, 0.4) is 0 Å². The summed E-state index contributed by atoms with van der Waals surface area (Å²) in [7, 11) is 1.37. The van der Waals surface area contributed by atoms with Gasteiger partial charge in [0.1, 0.15) is 4.88 Å². The van der Waals surface area contributed by atoms with E-state index in [2.05, 4.69) is 19.8 Å². The van der Waals surface area contributed by atoms with Crippen LogP contribution >= 0.6 is 22.2 Å². The second-order valence-corrected chi connectivity index (χ2v) is 6.39. The van der Waals surface area contributed by atoms with E-state index in [0.717, 1.165) is 11.5 Å². The largest absolute Gasteiger partial charge is 0.296 e. The number of aromatic nitrogens is 5. The second-order valence-electron chi connectivity index (χ2n) is 3.18. The van der Waals surface area contributed by atoms with Gasteiger partial charge in [0.25, 0.3) is 14.2 Å². The zero-order chi connectivity index (χ0) is 12.6. The first-order valence-corrected chi connectivity index (χ1v) is 7.70. The van der Waals surface area contributed by atoms with Crippen LogP contribution in [0.2, 0.25) is 0 Å². The third-order valence-electron chi connectivity index (χ3n) is 2.11. The molecule has 0 amide bonds. The molecule has 0 N–H and O–H groups in total. The molecule has 2 aromatic rings. The lowest BCUT2D eigenvalue weighted by Gasteiger charge is -2.03. The van der Waals surface area contributed by atoms with Crippen LogP contribution in [-0.2, 0) is 15.6 Å². The lowest BCUT2D eigenvalue weighted by atomic mass is 10.4. The average molecular weight is 294 g/mol. The van der Waals surface area contributed by atoms with E-state index in [4.69, 9.17) is 10.7 Å². The van der Waals surface area contributed by atoms with Crippen LogP contribution in [0.1, 0.15) is 12.6 Å². The Morgan fingerprint density at radius 1 is 1.35 bits per heavy atom. The molecule has 0 spiro atoms. The smallest absolute Gasteiger partial charge is 0.296 e. The topological polar surface area (TPSA) is 90.6 Å². The fourth-order valence-electron chi connectivity index (χ4n) is 1.36. The Morgan fingerprint density at radius 2 is 2.06 bits per heavy atom. The van der Waals surface area contributed by atoms with E-state index in [1.165, 1.54) is 4.57 Å². The fraction of sp³-hybridized carbons (Fsp3) is 0.429. The number of nitrogens with zero attached hydrogens (tertiary/aromatic N) is 5. The lowest BCUT2D eigenvalue weighted by molar-refractivity contribution is 0.583. The third kappa shape index (κ3) is 2.17. The SMILES string of the molecule is CCn1c(-c2snnc2C)nnc1S(=O)(=O)Cl. The normalized spacial score (nSPS) is 11.9. The van der Waals surface area contributed by atoms with Gasteiger partial charge in [-0.15, -0.1) is 15.3 Å². The van der Waals surface area contributed by atoms with Gasteiger partial charge in [-0.3, -0.25) is 4.57 Å². The molecule has 0 fully saturated rings. The first-order chi connectivity index (χ1) is 7.95. The summed E-state index contributed by atoms with van der Waals surface area (Å²) in [6, 6.07) is 0. The summed E-state index contributed by atoms with van der Waals surface area (Å²) in [5.74, 6) is 0.416. The standard InChI is InChI=1S/C7H8ClN5O2S2/c1-3-13-6(5-4(2)9-12-16-5)10-11-7(13)17(8,14)15/h3H2,1-2H3. The van der Waals surface area contributed by atoms with Crippen molar-refractivity contribution in [3.63, 3.8) is 0 Å². The second kappa shape index (κ2) is 4.31. The maximum Gasteiger partial charge on any atom is 0.296 e. The van der Waals surface area contributed by atoms with E-state index in [0.29, 0.717) is 22.9 Å². The average Bonchev–Trinajstić information content (AvgIpc) is 2.81. The van der Waals surface area contributed by atoms with Gasteiger partial charge in [-0.1, -0.05) is 4.49 Å². The lowest BCUT2D eigenvalue weighted by Crippen LogP contribution is -2.06. The molecule has 2 heterocycles. The summed E-state index contributed by atoms with van der Waals surface area (Å²) in [6.07, 6.45) is 0. The summed E-state index contributed by atoms with van der Waals surface area (Å²) >= 11 is 1.13. The molecule has 2 rings (SSSR count). The minimum absolute atomic E-state index is 0.260. The summed E-state index contributed by atoms with van der Waals surface area (Å²) in [6.45, 7) is 3.94. The van der Waals surface area contributed by atoms with E-state index in [1.807, 2.05) is 0 Å². The van der Waals surface area contributed by atoms with Crippen LogP contribution in [0.15, 0.2) is 5.16 Å². The summed E-state index contributed by atoms with van der Waals surface area (Å²) in [4.78, 5) is 0.686. The number of aryl methyl sites for hydroxylation is 1. The summed E-state index contributed by atoms with van der Waals surface area (Å²) < 4.78 is 27.8. The highest BCUT2D eigenvalue weighted by Gasteiger charge is 2.24. The molecule has 0 aliphatic heterocycles. The van der Waals surface area contributed by atoms with Crippen LogP contribution in [0.25, 0.3) is 10.7 Å². The Morgan fingerprint density at radius 3 is 2.53 bits per heavy atom. The predicted molar refractivity (Wildman–Crippen MR) is 62.4 cm³/mol. The molecule has 0 radical (unpaired) electrons. The van der Waals surface area contributed by atoms with Gasteiger partial charge < -0.3 is 0 Å². The van der Waals surface area contributed by atoms with Crippen LogP contribution < -0.4 is 0 Å². The van der Waals surface area contributed by atoms with Gasteiger partial charge in [0, 0.05) is 17.2 Å². The zero-order valence-corrected chi connectivity index (χ0v) is 11.3. The Labute approximate surface area is 106 Å². The predicted octanol–water partition coefficient (Wildman–Crippen LogP) is 1.05. The van der Waals surface area contributed by atoms with Crippen molar-refractivity contribution >= 4 is 31.3 Å². The van der Waals surface area contributed by atoms with Gasteiger partial charge in [-0.05, 0) is 25.4 Å². The van der Waals surface area contributed by atoms with E-state index in [1.54, 1.807) is 13.8 Å². The number of hydrogen-bond donors (Lipinski definition) is 0. The minimum atomic E-state index is -3.90. The van der Waals surface area contributed by atoms with Crippen LogP contribution in [-0.4, -0.2) is 32.8 Å². The highest BCUT2D eigenvalue weighted by Crippen LogP contribution is 2.26. The van der Waals surface area contributed by atoms with Crippen LogP contribution in [0.5, 0.6) is 0 Å². The van der Waals surface area contributed by atoms with Gasteiger partial charge in [0.2, 0.25) is 0 Å². The van der Waals surface area contributed by atoms with Crippen molar-refractivity contribution in [1.29, 1.82) is 0 Å². The molecule has 0 aliphatic rings. The Hall–Kier alpha value is -1.06. The van der Waals surface area contributed by atoms with Gasteiger partial charge >= 0.3 is 0 Å². The Balaban J connectivity index is 2.66. The first-order valence-electron chi connectivity index (χ1n) is 4.62. The van der Waals surface area contributed by atoms with Crippen LogP contribution in [0.4, 0.5) is 0 Å². The maximum absolute atomic E-state index is 11.3. The molecule has 0 aromatic carbocycles. The third-order valence-corrected chi connectivity index (χ3v) is 4.08. The molecule has 0 saturated carbocycles. The molecule has 0 atom stereocenters. The molecular weight excluding hydrogens is 286 g/mol. The zero-order valence-electron chi connectivity index (χ0n) is 8.95. The van der Waals surface area contributed by atoms with Crippen molar-refractivity contribution < 1.29 is 8.42 Å². The van der Waals surface area contributed by atoms with Crippen molar-refractivity contribution in [2.75, 3.05) is 0 Å². The van der Waals surface area contributed by atoms with E-state index in [-0.39, 0.29) is 5.16 Å². The van der Waals surface area contributed by atoms with Gasteiger partial charge in [-0.2, -0.15) is 0 Å². The minimum Gasteiger partial charge on any atom is -0.296 e. The van der Waals surface area contributed by atoms with Crippen LogP contribution in [0, 0.1) is 6.92 Å². The fourth-order valence-corrected chi connectivity index (χ4v) is 2.97. The molecule has 0 bridgehead atoms. The number of hydrogen-bond acceptors (Lipinski definition) is 7. The Kier molecular flexibility index (Phi) is 3.15. The summed E-state index contributed by atoms with van der Waals surface area (Å²) in [5.41, 5.74) is 0.677. The maximum atomic E-state index is 11.3. The molecule has 7 nitrogen and oxygen atoms in total. The molecule has 0 unspecified atom stereocenters. The molecule has 92 valence electrons. The van der Waals surface area contributed by atoms with Crippen molar-refractivity contribution in [1.82, 2.24) is 24.4 Å². The first kappa shape index (κ1) is 12.4. The van der Waals surface area contributed by atoms with Gasteiger partial charge in [0.15, 0.2) is 5.82 Å². The molecule has 17 heavy (non-hydrogen) atoms. The van der Waals surface area contributed by atoms with Crippen molar-refractivity contribution in [2.24, 2.45) is 0 Å². The van der Waals surface area contributed by atoms with Crippen molar-refractivity contribution in [3.8, 4) is 10.7 Å². The van der Waals surface area contributed by atoms with Gasteiger partial charge in [-0.25, -0.2) is 8.42 Å². The van der Waals surface area contributed by atoms with Crippen molar-refractivity contribution in [3.05, 3.63) is 5.69 Å². The van der Waals surface area contributed by atoms with Crippen molar-refractivity contribution in [2.45, 2.75) is 25.5 Å².